The average molecular weight is 368 g/mol. The molecule has 0 radical (unpaired) electrons. The maximum atomic E-state index is 10.6. The lowest BCUT2D eigenvalue weighted by molar-refractivity contribution is 0.220. The van der Waals surface area contributed by atoms with E-state index in [1.807, 2.05) is 30.3 Å². The molecule has 1 aliphatic rings. The van der Waals surface area contributed by atoms with Crippen molar-refractivity contribution in [1.82, 2.24) is 0 Å². The molecule has 1 N–H and O–H groups in total. The number of benzene rings is 2. The Morgan fingerprint density at radius 2 is 2.00 bits per heavy atom. The first-order valence-corrected chi connectivity index (χ1v) is 7.96. The van der Waals surface area contributed by atoms with E-state index in [1.54, 1.807) is 6.07 Å². The van der Waals surface area contributed by atoms with Crippen LogP contribution in [-0.2, 0) is 5.41 Å². The maximum absolute atomic E-state index is 10.6. The summed E-state index contributed by atoms with van der Waals surface area (Å²) in [5.74, 6) is 0.901. The SMILES string of the molecule is CC1(C)COc2ccc(C(O)c3ccc(Br)cc3Cl)cc21. The molecule has 0 bridgehead atoms. The molecule has 110 valence electrons. The molecule has 0 spiro atoms. The van der Waals surface area contributed by atoms with E-state index in [4.69, 9.17) is 16.3 Å². The summed E-state index contributed by atoms with van der Waals surface area (Å²) in [5.41, 5.74) is 2.63. The molecule has 0 saturated heterocycles. The summed E-state index contributed by atoms with van der Waals surface area (Å²) < 4.78 is 6.58. The van der Waals surface area contributed by atoms with E-state index in [0.29, 0.717) is 17.2 Å². The summed E-state index contributed by atoms with van der Waals surface area (Å²) >= 11 is 9.61. The second-order valence-electron chi connectivity index (χ2n) is 6.00. The number of fused-ring (bicyclic) bond motifs is 1. The fraction of sp³-hybridized carbons (Fsp3) is 0.294. The van der Waals surface area contributed by atoms with Gasteiger partial charge in [0.25, 0.3) is 0 Å². The molecule has 2 nitrogen and oxygen atoms in total. The molecule has 1 heterocycles. The Hall–Kier alpha value is -1.03. The number of hydrogen-bond donors (Lipinski definition) is 1. The molecule has 0 amide bonds. The molecular weight excluding hydrogens is 352 g/mol. The fourth-order valence-electron chi connectivity index (χ4n) is 2.61. The molecule has 21 heavy (non-hydrogen) atoms. The Morgan fingerprint density at radius 1 is 1.24 bits per heavy atom. The summed E-state index contributed by atoms with van der Waals surface area (Å²) in [6, 6.07) is 11.3. The molecule has 1 atom stereocenters. The van der Waals surface area contributed by atoms with Gasteiger partial charge in [0, 0.05) is 26.0 Å². The van der Waals surface area contributed by atoms with Crippen molar-refractivity contribution < 1.29 is 9.84 Å². The van der Waals surface area contributed by atoms with Gasteiger partial charge in [-0.1, -0.05) is 53.5 Å². The minimum atomic E-state index is -0.743. The summed E-state index contributed by atoms with van der Waals surface area (Å²) in [6.45, 7) is 4.95. The monoisotopic (exact) mass is 366 g/mol. The van der Waals surface area contributed by atoms with Gasteiger partial charge in [-0.3, -0.25) is 0 Å². The normalized spacial score (nSPS) is 17.2. The van der Waals surface area contributed by atoms with E-state index < -0.39 is 6.10 Å². The van der Waals surface area contributed by atoms with E-state index in [9.17, 15) is 5.11 Å². The van der Waals surface area contributed by atoms with Crippen molar-refractivity contribution in [3.63, 3.8) is 0 Å². The molecule has 0 saturated carbocycles. The van der Waals surface area contributed by atoms with Gasteiger partial charge in [0.2, 0.25) is 0 Å². The van der Waals surface area contributed by atoms with Gasteiger partial charge < -0.3 is 9.84 Å². The van der Waals surface area contributed by atoms with E-state index in [1.165, 1.54) is 0 Å². The quantitative estimate of drug-likeness (QED) is 0.822. The molecule has 2 aromatic rings. The van der Waals surface area contributed by atoms with E-state index in [2.05, 4.69) is 29.8 Å². The molecule has 0 fully saturated rings. The van der Waals surface area contributed by atoms with Crippen molar-refractivity contribution in [2.24, 2.45) is 0 Å². The summed E-state index contributed by atoms with van der Waals surface area (Å²) in [4.78, 5) is 0. The lowest BCUT2D eigenvalue weighted by atomic mass is 9.85. The van der Waals surface area contributed by atoms with Gasteiger partial charge in [-0.2, -0.15) is 0 Å². The highest BCUT2D eigenvalue weighted by Crippen LogP contribution is 2.41. The van der Waals surface area contributed by atoms with Crippen LogP contribution in [0.5, 0.6) is 5.75 Å². The first kappa shape index (κ1) is 14.9. The molecule has 0 aromatic heterocycles. The highest BCUT2D eigenvalue weighted by Gasteiger charge is 2.32. The summed E-state index contributed by atoms with van der Waals surface area (Å²) in [7, 11) is 0. The average Bonchev–Trinajstić information content (AvgIpc) is 2.74. The summed E-state index contributed by atoms with van der Waals surface area (Å²) in [5, 5.41) is 11.2. The minimum absolute atomic E-state index is 0.0332. The number of halogens is 2. The molecule has 2 aromatic carbocycles. The van der Waals surface area contributed by atoms with Gasteiger partial charge in [-0.25, -0.2) is 0 Å². The number of hydrogen-bond acceptors (Lipinski definition) is 2. The van der Waals surface area contributed by atoms with Crippen LogP contribution in [0.25, 0.3) is 0 Å². The molecule has 3 rings (SSSR count). The number of aliphatic hydroxyl groups excluding tert-OH is 1. The Labute approximate surface area is 137 Å². The molecule has 1 aliphatic heterocycles. The lowest BCUT2D eigenvalue weighted by Gasteiger charge is -2.18. The van der Waals surface area contributed by atoms with Crippen molar-refractivity contribution in [3.8, 4) is 5.75 Å². The highest BCUT2D eigenvalue weighted by molar-refractivity contribution is 9.10. The molecule has 4 heteroatoms. The van der Waals surface area contributed by atoms with Crippen molar-refractivity contribution >= 4 is 27.5 Å². The lowest BCUT2D eigenvalue weighted by Crippen LogP contribution is -2.18. The van der Waals surface area contributed by atoms with Gasteiger partial charge in [0.1, 0.15) is 11.9 Å². The van der Waals surface area contributed by atoms with Crippen molar-refractivity contribution in [2.45, 2.75) is 25.4 Å². The first-order chi connectivity index (χ1) is 9.88. The van der Waals surface area contributed by atoms with Gasteiger partial charge >= 0.3 is 0 Å². The van der Waals surface area contributed by atoms with Gasteiger partial charge in [-0.15, -0.1) is 0 Å². The zero-order chi connectivity index (χ0) is 15.2. The smallest absolute Gasteiger partial charge is 0.123 e. The zero-order valence-electron chi connectivity index (χ0n) is 11.9. The molecule has 0 aliphatic carbocycles. The van der Waals surface area contributed by atoms with Crippen LogP contribution in [0.1, 0.15) is 36.6 Å². The van der Waals surface area contributed by atoms with Crippen LogP contribution in [0.3, 0.4) is 0 Å². The van der Waals surface area contributed by atoms with E-state index in [0.717, 1.165) is 21.3 Å². The van der Waals surface area contributed by atoms with E-state index >= 15 is 0 Å². The van der Waals surface area contributed by atoms with Crippen molar-refractivity contribution in [1.29, 1.82) is 0 Å². The second kappa shape index (κ2) is 5.31. The number of rotatable bonds is 2. The van der Waals surface area contributed by atoms with Crippen LogP contribution in [0.15, 0.2) is 40.9 Å². The standard InChI is InChI=1S/C17H16BrClO2/c1-17(2)9-21-15-6-3-10(7-13(15)17)16(20)12-5-4-11(18)8-14(12)19/h3-8,16,20H,9H2,1-2H3. The Kier molecular flexibility index (Phi) is 3.76. The Balaban J connectivity index is 2.01. The predicted molar refractivity (Wildman–Crippen MR) is 88.2 cm³/mol. The molecular formula is C17H16BrClO2. The maximum Gasteiger partial charge on any atom is 0.123 e. The van der Waals surface area contributed by atoms with Crippen LogP contribution < -0.4 is 4.74 Å². The highest BCUT2D eigenvalue weighted by atomic mass is 79.9. The van der Waals surface area contributed by atoms with Crippen molar-refractivity contribution in [2.75, 3.05) is 6.61 Å². The van der Waals surface area contributed by atoms with Gasteiger partial charge in [0.15, 0.2) is 0 Å². The van der Waals surface area contributed by atoms with E-state index in [-0.39, 0.29) is 5.41 Å². The van der Waals surface area contributed by atoms with Gasteiger partial charge in [-0.05, 0) is 29.8 Å². The second-order valence-corrected chi connectivity index (χ2v) is 7.32. The number of ether oxygens (including phenoxy) is 1. The third-order valence-corrected chi connectivity index (χ3v) is 4.71. The third kappa shape index (κ3) is 2.70. The van der Waals surface area contributed by atoms with Crippen LogP contribution in [0, 0.1) is 0 Å². The van der Waals surface area contributed by atoms with Crippen molar-refractivity contribution in [3.05, 3.63) is 62.6 Å². The topological polar surface area (TPSA) is 29.5 Å². The zero-order valence-corrected chi connectivity index (χ0v) is 14.2. The predicted octanol–water partition coefficient (Wildman–Crippen LogP) is 4.85. The Bertz CT molecular complexity index is 697. The van der Waals surface area contributed by atoms with Crippen LogP contribution in [-0.4, -0.2) is 11.7 Å². The van der Waals surface area contributed by atoms with Crippen LogP contribution in [0.4, 0.5) is 0 Å². The fourth-order valence-corrected chi connectivity index (χ4v) is 3.39. The minimum Gasteiger partial charge on any atom is -0.492 e. The Morgan fingerprint density at radius 3 is 2.71 bits per heavy atom. The van der Waals surface area contributed by atoms with Crippen LogP contribution in [0.2, 0.25) is 5.02 Å². The molecule has 1 unspecified atom stereocenters. The summed E-state index contributed by atoms with van der Waals surface area (Å²) in [6.07, 6.45) is -0.743. The third-order valence-electron chi connectivity index (χ3n) is 3.89. The number of aliphatic hydroxyl groups is 1. The largest absolute Gasteiger partial charge is 0.492 e. The van der Waals surface area contributed by atoms with Crippen LogP contribution >= 0.6 is 27.5 Å². The first-order valence-electron chi connectivity index (χ1n) is 6.79. The van der Waals surface area contributed by atoms with Gasteiger partial charge in [0.05, 0.1) is 6.61 Å².